The summed E-state index contributed by atoms with van der Waals surface area (Å²) in [5, 5.41) is 7.16. The first-order chi connectivity index (χ1) is 10.2. The molecule has 0 amide bonds. The standard InChI is InChI=1S/C14H13N3O2S2/c1-3-19-14(18)9-8-15-17-10(11-5-4-6-21-11)7-12(20-2)16-13(9)17/h4-8H,3H2,1-2H3. The number of thioether (sulfide) groups is 1. The Bertz CT molecular complexity index is 781. The van der Waals surface area contributed by atoms with Gasteiger partial charge in [-0.15, -0.1) is 23.1 Å². The summed E-state index contributed by atoms with van der Waals surface area (Å²) >= 11 is 3.16. The predicted octanol–water partition coefficient (Wildman–Crippen LogP) is 3.36. The lowest BCUT2D eigenvalue weighted by Crippen LogP contribution is -2.05. The normalized spacial score (nSPS) is 11.0. The van der Waals surface area contributed by atoms with Crippen LogP contribution in [0.3, 0.4) is 0 Å². The molecule has 0 bridgehead atoms. The number of carbonyl (C=O) groups is 1. The van der Waals surface area contributed by atoms with Crippen LogP contribution in [0.25, 0.3) is 16.2 Å². The van der Waals surface area contributed by atoms with Gasteiger partial charge in [0.15, 0.2) is 5.65 Å². The molecule has 0 spiro atoms. The molecule has 7 heteroatoms. The summed E-state index contributed by atoms with van der Waals surface area (Å²) in [7, 11) is 0. The van der Waals surface area contributed by atoms with E-state index in [0.29, 0.717) is 17.8 Å². The van der Waals surface area contributed by atoms with Crippen molar-refractivity contribution in [2.24, 2.45) is 0 Å². The summed E-state index contributed by atoms with van der Waals surface area (Å²) < 4.78 is 6.75. The van der Waals surface area contributed by atoms with E-state index in [4.69, 9.17) is 4.74 Å². The highest BCUT2D eigenvalue weighted by molar-refractivity contribution is 7.98. The SMILES string of the molecule is CCOC(=O)c1cnn2c(-c3cccs3)cc(SC)nc12. The molecular formula is C14H13N3O2S2. The van der Waals surface area contributed by atoms with Crippen molar-refractivity contribution in [2.45, 2.75) is 11.9 Å². The van der Waals surface area contributed by atoms with Gasteiger partial charge in [0.05, 0.1) is 23.4 Å². The zero-order valence-electron chi connectivity index (χ0n) is 11.6. The van der Waals surface area contributed by atoms with Crippen molar-refractivity contribution in [2.75, 3.05) is 12.9 Å². The molecule has 0 saturated heterocycles. The Kier molecular flexibility index (Phi) is 3.94. The minimum Gasteiger partial charge on any atom is -0.462 e. The third-order valence-electron chi connectivity index (χ3n) is 2.93. The number of aromatic nitrogens is 3. The van der Waals surface area contributed by atoms with E-state index in [2.05, 4.69) is 10.1 Å². The lowest BCUT2D eigenvalue weighted by Gasteiger charge is -2.06. The second kappa shape index (κ2) is 5.87. The highest BCUT2D eigenvalue weighted by atomic mass is 32.2. The fraction of sp³-hybridized carbons (Fsp3) is 0.214. The first-order valence-electron chi connectivity index (χ1n) is 6.38. The lowest BCUT2D eigenvalue weighted by molar-refractivity contribution is 0.0528. The van der Waals surface area contributed by atoms with E-state index in [0.717, 1.165) is 15.6 Å². The van der Waals surface area contributed by atoms with Gasteiger partial charge in [-0.1, -0.05) is 6.07 Å². The summed E-state index contributed by atoms with van der Waals surface area (Å²) in [6, 6.07) is 5.99. The number of ether oxygens (including phenoxy) is 1. The highest BCUT2D eigenvalue weighted by Crippen LogP contribution is 2.29. The molecule has 3 heterocycles. The zero-order valence-corrected chi connectivity index (χ0v) is 13.2. The van der Waals surface area contributed by atoms with Gasteiger partial charge in [-0.3, -0.25) is 0 Å². The van der Waals surface area contributed by atoms with Crippen LogP contribution in [0.5, 0.6) is 0 Å². The molecule has 108 valence electrons. The van der Waals surface area contributed by atoms with E-state index < -0.39 is 5.97 Å². The van der Waals surface area contributed by atoms with Gasteiger partial charge in [0.2, 0.25) is 0 Å². The van der Waals surface area contributed by atoms with E-state index in [1.165, 1.54) is 18.0 Å². The van der Waals surface area contributed by atoms with E-state index in [9.17, 15) is 4.79 Å². The van der Waals surface area contributed by atoms with Crippen LogP contribution in [-0.4, -0.2) is 33.4 Å². The van der Waals surface area contributed by atoms with Gasteiger partial charge in [0.1, 0.15) is 10.6 Å². The maximum atomic E-state index is 12.0. The van der Waals surface area contributed by atoms with Gasteiger partial charge in [-0.25, -0.2) is 14.3 Å². The average molecular weight is 319 g/mol. The number of carbonyl (C=O) groups excluding carboxylic acids is 1. The Morgan fingerprint density at radius 1 is 1.52 bits per heavy atom. The second-order valence-corrected chi connectivity index (χ2v) is 5.95. The molecule has 0 aromatic carbocycles. The summed E-state index contributed by atoms with van der Waals surface area (Å²) in [6.45, 7) is 2.11. The molecule has 0 atom stereocenters. The van der Waals surface area contributed by atoms with Crippen molar-refractivity contribution < 1.29 is 9.53 Å². The van der Waals surface area contributed by atoms with Gasteiger partial charge in [0.25, 0.3) is 0 Å². The molecule has 0 saturated carbocycles. The fourth-order valence-corrected chi connectivity index (χ4v) is 3.13. The van der Waals surface area contributed by atoms with Gasteiger partial charge in [-0.05, 0) is 30.7 Å². The minimum atomic E-state index is -0.393. The Morgan fingerprint density at radius 2 is 2.38 bits per heavy atom. The van der Waals surface area contributed by atoms with Gasteiger partial charge >= 0.3 is 5.97 Å². The van der Waals surface area contributed by atoms with Crippen molar-refractivity contribution in [1.82, 2.24) is 14.6 Å². The quantitative estimate of drug-likeness (QED) is 0.419. The number of fused-ring (bicyclic) bond motifs is 1. The van der Waals surface area contributed by atoms with E-state index in [1.807, 2.05) is 29.8 Å². The molecule has 0 fully saturated rings. The maximum Gasteiger partial charge on any atom is 0.343 e. The Balaban J connectivity index is 2.23. The van der Waals surface area contributed by atoms with Crippen molar-refractivity contribution in [3.63, 3.8) is 0 Å². The van der Waals surface area contributed by atoms with Crippen molar-refractivity contribution in [3.05, 3.63) is 35.3 Å². The number of nitrogens with zero attached hydrogens (tertiary/aromatic N) is 3. The van der Waals surface area contributed by atoms with E-state index in [1.54, 1.807) is 22.8 Å². The molecule has 0 aliphatic rings. The Hall–Kier alpha value is -1.86. The molecule has 0 unspecified atom stereocenters. The third-order valence-corrected chi connectivity index (χ3v) is 4.45. The van der Waals surface area contributed by atoms with Gasteiger partial charge in [-0.2, -0.15) is 5.10 Å². The highest BCUT2D eigenvalue weighted by Gasteiger charge is 2.18. The third kappa shape index (κ3) is 2.54. The topological polar surface area (TPSA) is 56.5 Å². The molecule has 3 aromatic rings. The Labute approximate surface area is 130 Å². The van der Waals surface area contributed by atoms with Crippen LogP contribution < -0.4 is 0 Å². The van der Waals surface area contributed by atoms with Crippen LogP contribution in [0, 0.1) is 0 Å². The zero-order chi connectivity index (χ0) is 14.8. The first kappa shape index (κ1) is 14.1. The van der Waals surface area contributed by atoms with Crippen molar-refractivity contribution in [3.8, 4) is 10.6 Å². The number of rotatable bonds is 4. The van der Waals surface area contributed by atoms with Crippen LogP contribution in [-0.2, 0) is 4.74 Å². The summed E-state index contributed by atoms with van der Waals surface area (Å²) in [5.74, 6) is -0.393. The summed E-state index contributed by atoms with van der Waals surface area (Å²) in [4.78, 5) is 17.6. The second-order valence-electron chi connectivity index (χ2n) is 4.18. The molecule has 3 aromatic heterocycles. The van der Waals surface area contributed by atoms with Crippen LogP contribution in [0.2, 0.25) is 0 Å². The van der Waals surface area contributed by atoms with Crippen LogP contribution in [0.15, 0.2) is 34.8 Å². The molecule has 5 nitrogen and oxygen atoms in total. The van der Waals surface area contributed by atoms with Crippen molar-refractivity contribution >= 4 is 34.7 Å². The number of thiophene rings is 1. The fourth-order valence-electron chi connectivity index (χ4n) is 2.00. The smallest absolute Gasteiger partial charge is 0.343 e. The molecular weight excluding hydrogens is 306 g/mol. The number of hydrogen-bond donors (Lipinski definition) is 0. The Morgan fingerprint density at radius 3 is 3.05 bits per heavy atom. The van der Waals surface area contributed by atoms with Crippen LogP contribution >= 0.6 is 23.1 Å². The minimum absolute atomic E-state index is 0.330. The predicted molar refractivity (Wildman–Crippen MR) is 84.0 cm³/mol. The first-order valence-corrected chi connectivity index (χ1v) is 8.48. The maximum absolute atomic E-state index is 12.0. The summed E-state index contributed by atoms with van der Waals surface area (Å²) in [5.41, 5.74) is 1.85. The molecule has 0 radical (unpaired) electrons. The molecule has 0 aliphatic carbocycles. The van der Waals surface area contributed by atoms with Gasteiger partial charge < -0.3 is 4.74 Å². The van der Waals surface area contributed by atoms with E-state index in [-0.39, 0.29) is 0 Å². The number of esters is 1. The van der Waals surface area contributed by atoms with Crippen molar-refractivity contribution in [1.29, 1.82) is 0 Å². The largest absolute Gasteiger partial charge is 0.462 e. The molecule has 3 rings (SSSR count). The average Bonchev–Trinajstić information content (AvgIpc) is 3.15. The van der Waals surface area contributed by atoms with E-state index >= 15 is 0 Å². The molecule has 0 aliphatic heterocycles. The molecule has 21 heavy (non-hydrogen) atoms. The lowest BCUT2D eigenvalue weighted by atomic mass is 10.3. The van der Waals surface area contributed by atoms with Crippen LogP contribution in [0.4, 0.5) is 0 Å². The monoisotopic (exact) mass is 319 g/mol. The van der Waals surface area contributed by atoms with Crippen LogP contribution in [0.1, 0.15) is 17.3 Å². The van der Waals surface area contributed by atoms with Gasteiger partial charge in [0, 0.05) is 0 Å². The molecule has 0 N–H and O–H groups in total. The summed E-state index contributed by atoms with van der Waals surface area (Å²) in [6.07, 6.45) is 3.47. The number of hydrogen-bond acceptors (Lipinski definition) is 6.